The van der Waals surface area contributed by atoms with Crippen molar-refractivity contribution in [3.8, 4) is 28.7 Å². The first-order valence-electron chi connectivity index (χ1n) is 10.8. The molecule has 0 aliphatic rings. The maximum absolute atomic E-state index is 5.94. The predicted molar refractivity (Wildman–Crippen MR) is 129 cm³/mol. The van der Waals surface area contributed by atoms with Crippen molar-refractivity contribution in [3.63, 3.8) is 0 Å². The smallest absolute Gasteiger partial charge is 0.460 e. The maximum atomic E-state index is 5.94. The summed E-state index contributed by atoms with van der Waals surface area (Å²) in [5.74, 6) is 2.03. The van der Waals surface area contributed by atoms with Crippen LogP contribution in [0.5, 0.6) is 11.6 Å². The van der Waals surface area contributed by atoms with E-state index in [-0.39, 0.29) is 21.1 Å². The zero-order chi connectivity index (χ0) is 23.1. The molecule has 7 nitrogen and oxygen atoms in total. The van der Waals surface area contributed by atoms with Crippen LogP contribution in [0.1, 0.15) is 11.4 Å². The van der Waals surface area contributed by atoms with Gasteiger partial charge in [-0.25, -0.2) is 16.1 Å². The van der Waals surface area contributed by atoms with Crippen molar-refractivity contribution in [3.05, 3.63) is 96.4 Å². The second-order valence-electron chi connectivity index (χ2n) is 7.94. The van der Waals surface area contributed by atoms with Crippen molar-refractivity contribution in [1.29, 1.82) is 0 Å². The maximum Gasteiger partial charge on any atom is 2.00 e. The standard InChI is InChI=1S/C27H18N6O.Pt/c1-17-12-13-28-26(14-17)34-21-7-5-6-19(15-21)20-10-11-23-22-8-3-4-9-24(22)33(25(23)16-20)27-31-29-18(2)30-32-27;/h3-14H,1-2H3;/q-2;+2. The number of benzene rings is 3. The van der Waals surface area contributed by atoms with Crippen molar-refractivity contribution < 1.29 is 25.8 Å². The van der Waals surface area contributed by atoms with Gasteiger partial charge in [0.2, 0.25) is 5.88 Å². The number of ether oxygens (including phenoxy) is 1. The summed E-state index contributed by atoms with van der Waals surface area (Å²) in [4.78, 5) is 4.27. The van der Waals surface area contributed by atoms with Crippen molar-refractivity contribution in [2.45, 2.75) is 13.8 Å². The Morgan fingerprint density at radius 1 is 0.771 bits per heavy atom. The summed E-state index contributed by atoms with van der Waals surface area (Å²) in [6.07, 6.45) is 1.73. The molecular weight excluding hydrogens is 619 g/mol. The molecule has 0 bridgehead atoms. The molecule has 0 saturated heterocycles. The number of para-hydroxylation sites is 1. The van der Waals surface area contributed by atoms with Crippen LogP contribution in [0.4, 0.5) is 0 Å². The van der Waals surface area contributed by atoms with Crippen molar-refractivity contribution in [2.75, 3.05) is 0 Å². The van der Waals surface area contributed by atoms with Crippen LogP contribution < -0.4 is 4.74 Å². The summed E-state index contributed by atoms with van der Waals surface area (Å²) in [6.45, 7) is 3.76. The molecule has 8 heteroatoms. The third-order valence-corrected chi connectivity index (χ3v) is 5.52. The molecule has 0 spiro atoms. The minimum atomic E-state index is 0. The number of aryl methyl sites for hydroxylation is 2. The molecular formula is C27H18N6OPt. The number of rotatable bonds is 4. The summed E-state index contributed by atoms with van der Waals surface area (Å²) in [5, 5.41) is 18.9. The fraction of sp³-hybridized carbons (Fsp3) is 0.0741. The van der Waals surface area contributed by atoms with E-state index in [0.717, 1.165) is 38.5 Å². The van der Waals surface area contributed by atoms with Crippen LogP contribution in [0.25, 0.3) is 38.9 Å². The van der Waals surface area contributed by atoms with Crippen LogP contribution in [-0.2, 0) is 21.1 Å². The largest absolute Gasteiger partial charge is 2.00 e. The summed E-state index contributed by atoms with van der Waals surface area (Å²) < 4.78 is 7.87. The Labute approximate surface area is 216 Å². The van der Waals surface area contributed by atoms with E-state index in [9.17, 15) is 0 Å². The Kier molecular flexibility index (Phi) is 6.10. The quantitative estimate of drug-likeness (QED) is 0.240. The first kappa shape index (κ1) is 22.8. The summed E-state index contributed by atoms with van der Waals surface area (Å²) in [6, 6.07) is 28.7. The van der Waals surface area contributed by atoms with Crippen LogP contribution in [0.2, 0.25) is 0 Å². The first-order chi connectivity index (χ1) is 16.7. The topological polar surface area (TPSA) is 78.6 Å². The van der Waals surface area contributed by atoms with Crippen molar-refractivity contribution in [2.24, 2.45) is 0 Å². The minimum absolute atomic E-state index is 0. The van der Waals surface area contributed by atoms with Gasteiger partial charge in [-0.2, -0.15) is 24.3 Å². The molecule has 0 aliphatic carbocycles. The van der Waals surface area contributed by atoms with E-state index >= 15 is 0 Å². The van der Waals surface area contributed by atoms with Crippen LogP contribution >= 0.6 is 0 Å². The van der Waals surface area contributed by atoms with E-state index in [0.29, 0.717) is 23.4 Å². The molecule has 0 N–H and O–H groups in total. The number of fused-ring (bicyclic) bond motifs is 3. The third-order valence-electron chi connectivity index (χ3n) is 5.52. The molecule has 0 unspecified atom stereocenters. The zero-order valence-electron chi connectivity index (χ0n) is 18.8. The van der Waals surface area contributed by atoms with Crippen molar-refractivity contribution in [1.82, 2.24) is 29.9 Å². The minimum Gasteiger partial charge on any atom is -0.460 e. The number of nitrogens with zero attached hydrogens (tertiary/aromatic N) is 6. The van der Waals surface area contributed by atoms with Gasteiger partial charge in [0.15, 0.2) is 5.82 Å². The van der Waals surface area contributed by atoms with Gasteiger partial charge in [-0.3, -0.25) is 4.57 Å². The average molecular weight is 638 g/mol. The van der Waals surface area contributed by atoms with E-state index in [1.165, 1.54) is 0 Å². The predicted octanol–water partition coefficient (Wildman–Crippen LogP) is 5.43. The van der Waals surface area contributed by atoms with E-state index in [1.807, 2.05) is 66.1 Å². The Bertz CT molecular complexity index is 1660. The molecule has 0 aliphatic heterocycles. The van der Waals surface area contributed by atoms with Crippen LogP contribution in [0.15, 0.2) is 72.9 Å². The molecule has 3 aromatic carbocycles. The van der Waals surface area contributed by atoms with Gasteiger partial charge in [-0.1, -0.05) is 23.6 Å². The average Bonchev–Trinajstić information content (AvgIpc) is 3.18. The number of aromatic nitrogens is 6. The molecule has 0 saturated carbocycles. The Hall–Kier alpha value is -3.96. The Morgan fingerprint density at radius 3 is 2.40 bits per heavy atom. The van der Waals surface area contributed by atoms with Gasteiger partial charge in [0.05, 0.1) is 0 Å². The van der Waals surface area contributed by atoms with E-state index in [4.69, 9.17) is 4.74 Å². The first-order valence-corrected chi connectivity index (χ1v) is 10.8. The molecule has 0 amide bonds. The van der Waals surface area contributed by atoms with Gasteiger partial charge < -0.3 is 4.74 Å². The second-order valence-corrected chi connectivity index (χ2v) is 7.94. The molecule has 0 radical (unpaired) electrons. The van der Waals surface area contributed by atoms with E-state index in [1.54, 1.807) is 13.1 Å². The Morgan fingerprint density at radius 2 is 1.57 bits per heavy atom. The molecule has 3 aromatic heterocycles. The van der Waals surface area contributed by atoms with Gasteiger partial charge in [0, 0.05) is 23.5 Å². The molecule has 35 heavy (non-hydrogen) atoms. The third kappa shape index (κ3) is 4.31. The monoisotopic (exact) mass is 637 g/mol. The zero-order valence-corrected chi connectivity index (χ0v) is 21.1. The summed E-state index contributed by atoms with van der Waals surface area (Å²) in [5.41, 5.74) is 4.60. The summed E-state index contributed by atoms with van der Waals surface area (Å²) in [7, 11) is 0. The normalized spacial score (nSPS) is 10.9. The fourth-order valence-electron chi connectivity index (χ4n) is 3.96. The second kappa shape index (κ2) is 9.35. The van der Waals surface area contributed by atoms with E-state index < -0.39 is 0 Å². The van der Waals surface area contributed by atoms with Gasteiger partial charge in [0.1, 0.15) is 0 Å². The van der Waals surface area contributed by atoms with Gasteiger partial charge >= 0.3 is 21.1 Å². The molecule has 6 rings (SSSR count). The number of hydrogen-bond acceptors (Lipinski definition) is 6. The van der Waals surface area contributed by atoms with Gasteiger partial charge in [-0.05, 0) is 42.4 Å². The summed E-state index contributed by atoms with van der Waals surface area (Å²) >= 11 is 0. The van der Waals surface area contributed by atoms with Gasteiger partial charge in [0.25, 0.3) is 5.95 Å². The molecule has 6 aromatic rings. The molecule has 0 atom stereocenters. The molecule has 3 heterocycles. The van der Waals surface area contributed by atoms with E-state index in [2.05, 4.69) is 49.6 Å². The van der Waals surface area contributed by atoms with Crippen LogP contribution in [-0.4, -0.2) is 29.9 Å². The van der Waals surface area contributed by atoms with Crippen LogP contribution in [0.3, 0.4) is 0 Å². The molecule has 0 fully saturated rings. The number of hydrogen-bond donors (Lipinski definition) is 0. The number of pyridine rings is 1. The SMILES string of the molecule is Cc1ccnc(Oc2[c-]c(-c3[c-]c4c(cc3)c3ccccc3n4-c3nnc(C)nn3)ccc2)c1.[Pt+2]. The van der Waals surface area contributed by atoms with Crippen LogP contribution in [0, 0.1) is 26.0 Å². The fourth-order valence-corrected chi connectivity index (χ4v) is 3.96. The Balaban J connectivity index is 0.00000253. The van der Waals surface area contributed by atoms with Gasteiger partial charge in [-0.15, -0.1) is 38.6 Å². The van der Waals surface area contributed by atoms with Crippen molar-refractivity contribution >= 4 is 21.8 Å². The molecule has 172 valence electrons.